The Labute approximate surface area is 185 Å². The van der Waals surface area contributed by atoms with E-state index in [1.54, 1.807) is 19.1 Å². The van der Waals surface area contributed by atoms with Crippen LogP contribution in [0.2, 0.25) is 0 Å². The molecule has 0 saturated carbocycles. The van der Waals surface area contributed by atoms with E-state index in [2.05, 4.69) is 26.0 Å². The second-order valence-corrected chi connectivity index (χ2v) is 8.51. The number of aryl methyl sites for hydroxylation is 3. The highest BCUT2D eigenvalue weighted by Crippen LogP contribution is 2.30. The highest BCUT2D eigenvalue weighted by molar-refractivity contribution is 5.65. The fourth-order valence-corrected chi connectivity index (χ4v) is 4.27. The first-order valence-corrected chi connectivity index (χ1v) is 10.7. The maximum atomic E-state index is 14.1. The number of hydrogen-bond acceptors (Lipinski definition) is 5. The van der Waals surface area contributed by atoms with Crippen LogP contribution in [0.3, 0.4) is 0 Å². The minimum Gasteiger partial charge on any atom is -0.350 e. The van der Waals surface area contributed by atoms with Gasteiger partial charge in [-0.05, 0) is 56.5 Å². The zero-order valence-electron chi connectivity index (χ0n) is 18.6. The second-order valence-electron chi connectivity index (χ2n) is 8.51. The van der Waals surface area contributed by atoms with Crippen molar-refractivity contribution in [1.82, 2.24) is 19.6 Å². The molecule has 0 fully saturated rings. The number of pyridine rings is 1. The van der Waals surface area contributed by atoms with Gasteiger partial charge in [-0.25, -0.2) is 9.37 Å². The van der Waals surface area contributed by atoms with Crippen molar-refractivity contribution < 1.29 is 4.39 Å². The third-order valence-corrected chi connectivity index (χ3v) is 6.30. The van der Waals surface area contributed by atoms with Gasteiger partial charge in [-0.2, -0.15) is 4.52 Å². The fourth-order valence-electron chi connectivity index (χ4n) is 4.27. The molecule has 0 atom stereocenters. The van der Waals surface area contributed by atoms with E-state index in [-0.39, 0.29) is 11.4 Å². The van der Waals surface area contributed by atoms with Gasteiger partial charge in [0, 0.05) is 59.9 Å². The number of hydrogen-bond donors (Lipinski definition) is 0. The summed E-state index contributed by atoms with van der Waals surface area (Å²) in [6.45, 7) is 8.95. The molecule has 6 nitrogen and oxygen atoms in total. The molecular weight excluding hydrogens is 405 g/mol. The van der Waals surface area contributed by atoms with Crippen LogP contribution in [0.4, 0.5) is 10.2 Å². The first-order chi connectivity index (χ1) is 15.3. The lowest BCUT2D eigenvalue weighted by Gasteiger charge is -2.31. The average Bonchev–Trinajstić information content (AvgIpc) is 2.77. The molecule has 0 spiro atoms. The Balaban J connectivity index is 1.55. The van der Waals surface area contributed by atoms with Crippen LogP contribution < -0.4 is 10.5 Å². The second kappa shape index (κ2) is 7.51. The van der Waals surface area contributed by atoms with Gasteiger partial charge in [-0.1, -0.05) is 12.1 Å². The third kappa shape index (κ3) is 3.34. The van der Waals surface area contributed by atoms with Gasteiger partial charge in [0.05, 0.1) is 0 Å². The van der Waals surface area contributed by atoms with Crippen LogP contribution in [0.5, 0.6) is 0 Å². The summed E-state index contributed by atoms with van der Waals surface area (Å²) < 4.78 is 15.5. The molecule has 0 unspecified atom stereocenters. The first kappa shape index (κ1) is 20.3. The minimum atomic E-state index is -0.220. The molecule has 32 heavy (non-hydrogen) atoms. The Bertz CT molecular complexity index is 1440. The molecule has 7 heteroatoms. The zero-order chi connectivity index (χ0) is 22.6. The smallest absolute Gasteiger partial charge is 0.274 e. The highest BCUT2D eigenvalue weighted by atomic mass is 19.1. The fraction of sp³-hybridized carbons (Fsp3) is 0.280. The maximum absolute atomic E-state index is 14.1. The van der Waals surface area contributed by atoms with Gasteiger partial charge < -0.3 is 4.90 Å². The van der Waals surface area contributed by atoms with E-state index < -0.39 is 0 Å². The predicted molar refractivity (Wildman–Crippen MR) is 123 cm³/mol. The minimum absolute atomic E-state index is 0.181. The normalized spacial score (nSPS) is 13.5. The van der Waals surface area contributed by atoms with Crippen molar-refractivity contribution in [3.05, 3.63) is 86.3 Å². The molecule has 4 aromatic rings. The van der Waals surface area contributed by atoms with Crippen molar-refractivity contribution in [3.63, 3.8) is 0 Å². The molecule has 5 rings (SSSR count). The molecule has 3 aromatic heterocycles. The number of benzene rings is 1. The van der Waals surface area contributed by atoms with Gasteiger partial charge in [-0.15, -0.1) is 5.10 Å². The largest absolute Gasteiger partial charge is 0.350 e. The van der Waals surface area contributed by atoms with E-state index in [0.29, 0.717) is 23.4 Å². The lowest BCUT2D eigenvalue weighted by molar-refractivity contribution is 0.619. The Morgan fingerprint density at radius 1 is 1.00 bits per heavy atom. The van der Waals surface area contributed by atoms with Crippen molar-refractivity contribution in [2.75, 3.05) is 11.4 Å². The summed E-state index contributed by atoms with van der Waals surface area (Å²) in [5.41, 5.74) is 7.51. The molecular formula is C25H24FN5O. The molecule has 1 aromatic carbocycles. The van der Waals surface area contributed by atoms with Gasteiger partial charge in [0.2, 0.25) is 0 Å². The molecule has 4 heterocycles. The number of aromatic nitrogens is 4. The average molecular weight is 429 g/mol. The Morgan fingerprint density at radius 2 is 1.81 bits per heavy atom. The van der Waals surface area contributed by atoms with Crippen LogP contribution in [0.15, 0.2) is 41.3 Å². The SMILES string of the molecule is Cc1cc(=O)n2nc(N3CCc4ncc(-c5ccc(C)c(F)c5)cc4C3)c(C)c(C)c2n1. The van der Waals surface area contributed by atoms with Crippen LogP contribution in [-0.4, -0.2) is 26.1 Å². The number of halogens is 1. The summed E-state index contributed by atoms with van der Waals surface area (Å²) in [5, 5.41) is 4.67. The lowest BCUT2D eigenvalue weighted by Crippen LogP contribution is -2.34. The Kier molecular flexibility index (Phi) is 4.77. The molecule has 1 aliphatic rings. The van der Waals surface area contributed by atoms with Gasteiger partial charge in [0.15, 0.2) is 11.5 Å². The molecule has 1 aliphatic heterocycles. The van der Waals surface area contributed by atoms with Crippen molar-refractivity contribution in [2.24, 2.45) is 0 Å². The summed E-state index contributed by atoms with van der Waals surface area (Å²) in [6.07, 6.45) is 2.59. The third-order valence-electron chi connectivity index (χ3n) is 6.30. The summed E-state index contributed by atoms with van der Waals surface area (Å²) in [5.74, 6) is 0.558. The van der Waals surface area contributed by atoms with Crippen molar-refractivity contribution in [3.8, 4) is 11.1 Å². The number of fused-ring (bicyclic) bond motifs is 2. The van der Waals surface area contributed by atoms with Gasteiger partial charge in [-0.3, -0.25) is 9.78 Å². The quantitative estimate of drug-likeness (QED) is 0.480. The number of anilines is 1. The Hall–Kier alpha value is -3.61. The molecule has 162 valence electrons. The number of nitrogens with zero attached hydrogens (tertiary/aromatic N) is 5. The van der Waals surface area contributed by atoms with Crippen molar-refractivity contribution in [1.29, 1.82) is 0 Å². The van der Waals surface area contributed by atoms with E-state index in [9.17, 15) is 9.18 Å². The first-order valence-electron chi connectivity index (χ1n) is 10.7. The standard InChI is InChI=1S/C25H24FN5O/c1-14-5-6-18(11-21(14)26)19-10-20-13-30(8-7-22(20)27-12-19)25-17(4)16(3)24-28-15(2)9-23(32)31(24)29-25/h5-6,9-12H,7-8,13H2,1-4H3. The van der Waals surface area contributed by atoms with Crippen molar-refractivity contribution >= 4 is 11.5 Å². The topological polar surface area (TPSA) is 63.4 Å². The van der Waals surface area contributed by atoms with E-state index in [4.69, 9.17) is 0 Å². The van der Waals surface area contributed by atoms with Crippen LogP contribution in [0, 0.1) is 33.5 Å². The Morgan fingerprint density at radius 3 is 2.59 bits per heavy atom. The van der Waals surface area contributed by atoms with Gasteiger partial charge >= 0.3 is 0 Å². The van der Waals surface area contributed by atoms with E-state index in [0.717, 1.165) is 52.3 Å². The van der Waals surface area contributed by atoms with Crippen LogP contribution in [-0.2, 0) is 13.0 Å². The summed E-state index contributed by atoms with van der Waals surface area (Å²) in [4.78, 5) is 23.9. The van der Waals surface area contributed by atoms with E-state index >= 15 is 0 Å². The molecule has 0 bridgehead atoms. The van der Waals surface area contributed by atoms with E-state index in [1.807, 2.05) is 33.0 Å². The van der Waals surface area contributed by atoms with Crippen LogP contribution >= 0.6 is 0 Å². The lowest BCUT2D eigenvalue weighted by atomic mass is 9.99. The summed E-state index contributed by atoms with van der Waals surface area (Å²) >= 11 is 0. The predicted octanol–water partition coefficient (Wildman–Crippen LogP) is 4.09. The van der Waals surface area contributed by atoms with Crippen LogP contribution in [0.25, 0.3) is 16.8 Å². The maximum Gasteiger partial charge on any atom is 0.274 e. The molecule has 0 amide bonds. The van der Waals surface area contributed by atoms with Gasteiger partial charge in [0.25, 0.3) is 5.56 Å². The zero-order valence-corrected chi connectivity index (χ0v) is 18.6. The highest BCUT2D eigenvalue weighted by Gasteiger charge is 2.23. The summed E-state index contributed by atoms with van der Waals surface area (Å²) in [7, 11) is 0. The monoisotopic (exact) mass is 429 g/mol. The van der Waals surface area contributed by atoms with Crippen molar-refractivity contribution in [2.45, 2.75) is 40.7 Å². The molecule has 0 saturated heterocycles. The summed E-state index contributed by atoms with van der Waals surface area (Å²) in [6, 6.07) is 8.84. The number of rotatable bonds is 2. The van der Waals surface area contributed by atoms with E-state index in [1.165, 1.54) is 10.6 Å². The molecule has 0 radical (unpaired) electrons. The molecule has 0 N–H and O–H groups in total. The van der Waals surface area contributed by atoms with Crippen LogP contribution in [0.1, 0.15) is 33.6 Å². The molecule has 0 aliphatic carbocycles. The van der Waals surface area contributed by atoms with Gasteiger partial charge in [0.1, 0.15) is 5.82 Å².